The number of rotatable bonds is 1. The molecule has 0 saturated carbocycles. The summed E-state index contributed by atoms with van der Waals surface area (Å²) in [6.45, 7) is 4.23. The molecule has 3 rings (SSSR count). The first-order valence-corrected chi connectivity index (χ1v) is 7.29. The Kier molecular flexibility index (Phi) is 3.26. The van der Waals surface area contributed by atoms with Crippen LogP contribution in [-0.4, -0.2) is 5.12 Å². The number of hydrogen-bond acceptors (Lipinski definition) is 3. The summed E-state index contributed by atoms with van der Waals surface area (Å²) >= 11 is 1.19. The maximum atomic E-state index is 13.3. The molecule has 102 valence electrons. The van der Waals surface area contributed by atoms with Crippen molar-refractivity contribution >= 4 is 28.3 Å². The third-order valence-electron chi connectivity index (χ3n) is 3.35. The maximum absolute atomic E-state index is 13.3. The Balaban J connectivity index is 2.10. The van der Waals surface area contributed by atoms with Crippen LogP contribution in [0.3, 0.4) is 0 Å². The van der Waals surface area contributed by atoms with E-state index in [1.165, 1.54) is 35.5 Å². The normalized spacial score (nSPS) is 13.5. The Morgan fingerprint density at radius 3 is 2.65 bits per heavy atom. The van der Waals surface area contributed by atoms with E-state index in [4.69, 9.17) is 0 Å². The smallest absolute Gasteiger partial charge is 0.226 e. The number of halogens is 1. The van der Waals surface area contributed by atoms with Gasteiger partial charge in [-0.25, -0.2) is 4.39 Å². The zero-order chi connectivity index (χ0) is 14.3. The second-order valence-corrected chi connectivity index (χ2v) is 6.13. The molecule has 2 nitrogen and oxygen atoms in total. The van der Waals surface area contributed by atoms with Gasteiger partial charge in [-0.3, -0.25) is 4.79 Å². The second kappa shape index (κ2) is 4.94. The monoisotopic (exact) mass is 287 g/mol. The van der Waals surface area contributed by atoms with Gasteiger partial charge in [0.05, 0.1) is 16.9 Å². The van der Waals surface area contributed by atoms with Gasteiger partial charge >= 0.3 is 0 Å². The lowest BCUT2D eigenvalue weighted by Gasteiger charge is -2.11. The van der Waals surface area contributed by atoms with Crippen molar-refractivity contribution in [3.63, 3.8) is 0 Å². The van der Waals surface area contributed by atoms with E-state index in [2.05, 4.69) is 19.2 Å². The summed E-state index contributed by atoms with van der Waals surface area (Å²) in [5, 5.41) is 3.10. The van der Waals surface area contributed by atoms with Crippen LogP contribution in [0.15, 0.2) is 41.3 Å². The first-order valence-electron chi connectivity index (χ1n) is 6.47. The van der Waals surface area contributed by atoms with Crippen LogP contribution < -0.4 is 5.32 Å². The Morgan fingerprint density at radius 2 is 1.90 bits per heavy atom. The zero-order valence-corrected chi connectivity index (χ0v) is 12.1. The van der Waals surface area contributed by atoms with Gasteiger partial charge in [-0.15, -0.1) is 0 Å². The molecule has 0 aliphatic carbocycles. The largest absolute Gasteiger partial charge is 0.354 e. The minimum Gasteiger partial charge on any atom is -0.354 e. The van der Waals surface area contributed by atoms with Crippen molar-refractivity contribution in [1.29, 1.82) is 0 Å². The van der Waals surface area contributed by atoms with E-state index >= 15 is 0 Å². The number of carbonyl (C=O) groups excluding carboxylic acids is 1. The van der Waals surface area contributed by atoms with Crippen LogP contribution in [0.2, 0.25) is 0 Å². The molecular formula is C16H14FNOS. The molecule has 0 unspecified atom stereocenters. The lowest BCUT2D eigenvalue weighted by Crippen LogP contribution is -1.97. The van der Waals surface area contributed by atoms with Crippen LogP contribution in [0.5, 0.6) is 0 Å². The predicted octanol–water partition coefficient (Wildman–Crippen LogP) is 4.94. The van der Waals surface area contributed by atoms with Crippen molar-refractivity contribution in [2.24, 2.45) is 0 Å². The van der Waals surface area contributed by atoms with Gasteiger partial charge in [-0.05, 0) is 53.6 Å². The van der Waals surface area contributed by atoms with Crippen molar-refractivity contribution in [3.8, 4) is 0 Å². The summed E-state index contributed by atoms with van der Waals surface area (Å²) in [4.78, 5) is 13.1. The SMILES string of the molecule is CC(C)c1ccc2c(c1)SC(=O)c1ccc(F)cc1N2. The lowest BCUT2D eigenvalue weighted by atomic mass is 10.0. The van der Waals surface area contributed by atoms with Crippen molar-refractivity contribution in [2.45, 2.75) is 24.7 Å². The van der Waals surface area contributed by atoms with Gasteiger partial charge in [-0.2, -0.15) is 0 Å². The number of nitrogens with one attached hydrogen (secondary N) is 1. The van der Waals surface area contributed by atoms with E-state index < -0.39 is 0 Å². The summed E-state index contributed by atoms with van der Waals surface area (Å²) in [5.74, 6) is 0.0513. The fourth-order valence-electron chi connectivity index (χ4n) is 2.18. The molecule has 0 aromatic heterocycles. The van der Waals surface area contributed by atoms with E-state index in [9.17, 15) is 9.18 Å². The molecule has 0 saturated heterocycles. The van der Waals surface area contributed by atoms with Gasteiger partial charge < -0.3 is 5.32 Å². The van der Waals surface area contributed by atoms with E-state index in [1.807, 2.05) is 18.2 Å². The highest BCUT2D eigenvalue weighted by molar-refractivity contribution is 8.14. The molecule has 4 heteroatoms. The summed E-state index contributed by atoms with van der Waals surface area (Å²) in [6, 6.07) is 10.2. The molecule has 20 heavy (non-hydrogen) atoms. The fourth-order valence-corrected chi connectivity index (χ4v) is 3.10. The Morgan fingerprint density at radius 1 is 1.10 bits per heavy atom. The standard InChI is InChI=1S/C16H14FNOS/c1-9(2)10-3-6-13-15(7-10)20-16(19)12-5-4-11(17)8-14(12)18-13/h3-9,18H,1-2H3. The average molecular weight is 287 g/mol. The molecule has 0 atom stereocenters. The highest BCUT2D eigenvalue weighted by Crippen LogP contribution is 2.39. The molecule has 1 aliphatic rings. The third-order valence-corrected chi connectivity index (χ3v) is 4.31. The maximum Gasteiger partial charge on any atom is 0.226 e. The number of thioether (sulfide) groups is 1. The number of benzene rings is 2. The first-order chi connectivity index (χ1) is 9.54. The van der Waals surface area contributed by atoms with Gasteiger partial charge in [0.1, 0.15) is 5.82 Å². The molecule has 0 amide bonds. The highest BCUT2D eigenvalue weighted by Gasteiger charge is 2.21. The second-order valence-electron chi connectivity index (χ2n) is 5.11. The summed E-state index contributed by atoms with van der Waals surface area (Å²) in [6.07, 6.45) is 0. The topological polar surface area (TPSA) is 29.1 Å². The van der Waals surface area contributed by atoms with Crippen LogP contribution in [-0.2, 0) is 0 Å². The van der Waals surface area contributed by atoms with E-state index in [0.717, 1.165) is 10.6 Å². The molecule has 0 bridgehead atoms. The molecule has 1 N–H and O–H groups in total. The fraction of sp³-hybridized carbons (Fsp3) is 0.188. The van der Waals surface area contributed by atoms with Crippen LogP contribution in [0.4, 0.5) is 15.8 Å². The predicted molar refractivity (Wildman–Crippen MR) is 80.4 cm³/mol. The molecular weight excluding hydrogens is 273 g/mol. The number of fused-ring (bicyclic) bond motifs is 2. The minimum absolute atomic E-state index is 0.0628. The third kappa shape index (κ3) is 2.31. The molecule has 0 spiro atoms. The quantitative estimate of drug-likeness (QED) is 0.805. The highest BCUT2D eigenvalue weighted by atomic mass is 32.2. The molecule has 1 heterocycles. The van der Waals surface area contributed by atoms with E-state index in [0.29, 0.717) is 17.2 Å². The number of carbonyl (C=O) groups is 1. The van der Waals surface area contributed by atoms with Crippen LogP contribution in [0.25, 0.3) is 0 Å². The molecule has 2 aromatic carbocycles. The van der Waals surface area contributed by atoms with Gasteiger partial charge in [0.2, 0.25) is 5.12 Å². The van der Waals surface area contributed by atoms with Gasteiger partial charge in [-0.1, -0.05) is 19.9 Å². The van der Waals surface area contributed by atoms with E-state index in [-0.39, 0.29) is 10.9 Å². The van der Waals surface area contributed by atoms with Crippen LogP contribution in [0, 0.1) is 5.82 Å². The summed E-state index contributed by atoms with van der Waals surface area (Å²) < 4.78 is 13.3. The number of anilines is 2. The lowest BCUT2D eigenvalue weighted by molar-refractivity contribution is 0.109. The zero-order valence-electron chi connectivity index (χ0n) is 11.2. The Hall–Kier alpha value is -1.81. The van der Waals surface area contributed by atoms with Crippen LogP contribution >= 0.6 is 11.8 Å². The van der Waals surface area contributed by atoms with E-state index in [1.54, 1.807) is 0 Å². The van der Waals surface area contributed by atoms with Crippen molar-refractivity contribution in [3.05, 3.63) is 53.3 Å². The summed E-state index contributed by atoms with van der Waals surface area (Å²) in [7, 11) is 0. The minimum atomic E-state index is -0.351. The molecule has 1 aliphatic heterocycles. The van der Waals surface area contributed by atoms with Crippen molar-refractivity contribution in [2.75, 3.05) is 5.32 Å². The number of hydrogen-bond donors (Lipinski definition) is 1. The molecule has 0 fully saturated rings. The van der Waals surface area contributed by atoms with Crippen molar-refractivity contribution < 1.29 is 9.18 Å². The molecule has 2 aromatic rings. The van der Waals surface area contributed by atoms with Crippen molar-refractivity contribution in [1.82, 2.24) is 0 Å². The summed E-state index contributed by atoms with van der Waals surface area (Å²) in [5.41, 5.74) is 3.07. The average Bonchev–Trinajstić information content (AvgIpc) is 2.53. The van der Waals surface area contributed by atoms with Gasteiger partial charge in [0.25, 0.3) is 0 Å². The van der Waals surface area contributed by atoms with Crippen LogP contribution in [0.1, 0.15) is 35.7 Å². The van der Waals surface area contributed by atoms with Gasteiger partial charge in [0.15, 0.2) is 0 Å². The molecule has 0 radical (unpaired) electrons. The Labute approximate surface area is 121 Å². The Bertz CT molecular complexity index is 697. The van der Waals surface area contributed by atoms with Gasteiger partial charge in [0, 0.05) is 4.90 Å². The first kappa shape index (κ1) is 13.2.